The fourth-order valence-electron chi connectivity index (χ4n) is 4.13. The van der Waals surface area contributed by atoms with E-state index in [9.17, 15) is 4.79 Å². The van der Waals surface area contributed by atoms with Crippen molar-refractivity contribution in [3.8, 4) is 0 Å². The molecule has 0 aliphatic rings. The Morgan fingerprint density at radius 1 is 0.433 bits per heavy atom. The summed E-state index contributed by atoms with van der Waals surface area (Å²) in [5.74, 6) is 0.0198. The monoisotopic (exact) mass is 424 g/mol. The lowest BCUT2D eigenvalue weighted by atomic mass is 10.0. The number of unbranched alkanes of at least 4 members (excludes halogenated alkanes) is 21. The number of ether oxygens (including phenoxy) is 1. The summed E-state index contributed by atoms with van der Waals surface area (Å²) in [6.07, 6.45) is 31.4. The van der Waals surface area contributed by atoms with Gasteiger partial charge in [-0.05, 0) is 12.8 Å². The zero-order valence-corrected chi connectivity index (χ0v) is 21.0. The Kier molecular flexibility index (Phi) is 26.0. The van der Waals surface area contributed by atoms with Crippen LogP contribution in [0.4, 0.5) is 0 Å². The molecule has 2 heteroatoms. The van der Waals surface area contributed by atoms with Crippen LogP contribution >= 0.6 is 0 Å². The minimum Gasteiger partial charge on any atom is -0.466 e. The molecule has 30 heavy (non-hydrogen) atoms. The summed E-state index contributed by atoms with van der Waals surface area (Å²) in [5.41, 5.74) is 0. The van der Waals surface area contributed by atoms with Crippen LogP contribution in [0.25, 0.3) is 0 Å². The van der Waals surface area contributed by atoms with E-state index in [1.54, 1.807) is 0 Å². The van der Waals surface area contributed by atoms with Gasteiger partial charge in [0.1, 0.15) is 0 Å². The average Bonchev–Trinajstić information content (AvgIpc) is 2.75. The lowest BCUT2D eigenvalue weighted by molar-refractivity contribution is -0.143. The fraction of sp³-hybridized carbons (Fsp3) is 0.964. The SMILES string of the molecule is CCCCCCCCCCCCCCCCCCC(=O)OCCCCCCCCC. The molecule has 2 nitrogen and oxygen atoms in total. The molecular formula is C28H56O2. The number of carbonyl (C=O) groups excluding carboxylic acids is 1. The summed E-state index contributed by atoms with van der Waals surface area (Å²) in [5, 5.41) is 0. The van der Waals surface area contributed by atoms with Gasteiger partial charge in [-0.1, -0.05) is 149 Å². The molecule has 0 saturated heterocycles. The molecule has 0 spiro atoms. The Hall–Kier alpha value is -0.530. The summed E-state index contributed by atoms with van der Waals surface area (Å²) >= 11 is 0. The van der Waals surface area contributed by atoms with Crippen molar-refractivity contribution in [3.63, 3.8) is 0 Å². The van der Waals surface area contributed by atoms with Crippen LogP contribution < -0.4 is 0 Å². The highest BCUT2D eigenvalue weighted by Crippen LogP contribution is 2.14. The van der Waals surface area contributed by atoms with E-state index in [0.717, 1.165) is 12.8 Å². The zero-order chi connectivity index (χ0) is 22.0. The molecule has 0 rings (SSSR count). The Labute approximate surface area is 190 Å². The van der Waals surface area contributed by atoms with Gasteiger partial charge in [0, 0.05) is 6.42 Å². The van der Waals surface area contributed by atoms with E-state index in [0.29, 0.717) is 13.0 Å². The Morgan fingerprint density at radius 3 is 1.10 bits per heavy atom. The summed E-state index contributed by atoms with van der Waals surface area (Å²) in [7, 11) is 0. The van der Waals surface area contributed by atoms with Crippen LogP contribution in [-0.4, -0.2) is 12.6 Å². The van der Waals surface area contributed by atoms with E-state index in [2.05, 4.69) is 13.8 Å². The highest BCUT2D eigenvalue weighted by Gasteiger charge is 2.02. The highest BCUT2D eigenvalue weighted by atomic mass is 16.5. The second-order valence-electron chi connectivity index (χ2n) is 9.40. The van der Waals surface area contributed by atoms with E-state index in [-0.39, 0.29) is 5.97 Å². The van der Waals surface area contributed by atoms with Crippen LogP contribution in [-0.2, 0) is 9.53 Å². The molecule has 0 heterocycles. The van der Waals surface area contributed by atoms with Gasteiger partial charge in [-0.3, -0.25) is 4.79 Å². The molecule has 0 N–H and O–H groups in total. The van der Waals surface area contributed by atoms with Crippen LogP contribution in [0.15, 0.2) is 0 Å². The lowest BCUT2D eigenvalue weighted by Crippen LogP contribution is -2.05. The van der Waals surface area contributed by atoms with Gasteiger partial charge in [-0.15, -0.1) is 0 Å². The molecule has 0 bridgehead atoms. The third kappa shape index (κ3) is 25.5. The van der Waals surface area contributed by atoms with Crippen molar-refractivity contribution in [2.75, 3.05) is 6.61 Å². The fourth-order valence-corrected chi connectivity index (χ4v) is 4.13. The van der Waals surface area contributed by atoms with Gasteiger partial charge in [-0.25, -0.2) is 0 Å². The molecule has 0 saturated carbocycles. The van der Waals surface area contributed by atoms with Crippen molar-refractivity contribution >= 4 is 5.97 Å². The van der Waals surface area contributed by atoms with E-state index in [1.807, 2.05) is 0 Å². The number of esters is 1. The van der Waals surface area contributed by atoms with Crippen LogP contribution in [0.3, 0.4) is 0 Å². The molecule has 0 atom stereocenters. The highest BCUT2D eigenvalue weighted by molar-refractivity contribution is 5.69. The Bertz CT molecular complexity index is 327. The van der Waals surface area contributed by atoms with Gasteiger partial charge in [-0.2, -0.15) is 0 Å². The van der Waals surface area contributed by atoms with Gasteiger partial charge in [0.25, 0.3) is 0 Å². The molecule has 0 radical (unpaired) electrons. The zero-order valence-electron chi connectivity index (χ0n) is 21.0. The lowest BCUT2D eigenvalue weighted by Gasteiger charge is -2.05. The summed E-state index contributed by atoms with van der Waals surface area (Å²) in [6, 6.07) is 0. The van der Waals surface area contributed by atoms with Crippen molar-refractivity contribution in [3.05, 3.63) is 0 Å². The van der Waals surface area contributed by atoms with Crippen LogP contribution in [0.5, 0.6) is 0 Å². The van der Waals surface area contributed by atoms with Gasteiger partial charge in [0.2, 0.25) is 0 Å². The normalized spacial score (nSPS) is 11.1. The Morgan fingerprint density at radius 2 is 0.733 bits per heavy atom. The predicted molar refractivity (Wildman–Crippen MR) is 133 cm³/mol. The number of rotatable bonds is 25. The van der Waals surface area contributed by atoms with Crippen molar-refractivity contribution < 1.29 is 9.53 Å². The van der Waals surface area contributed by atoms with Crippen LogP contribution in [0.2, 0.25) is 0 Å². The molecule has 0 fully saturated rings. The van der Waals surface area contributed by atoms with Crippen LogP contribution in [0, 0.1) is 0 Å². The van der Waals surface area contributed by atoms with Gasteiger partial charge < -0.3 is 4.74 Å². The van der Waals surface area contributed by atoms with E-state index < -0.39 is 0 Å². The molecular weight excluding hydrogens is 368 g/mol. The third-order valence-electron chi connectivity index (χ3n) is 6.25. The predicted octanol–water partition coefficient (Wildman–Crippen LogP) is 9.93. The second kappa shape index (κ2) is 26.5. The van der Waals surface area contributed by atoms with E-state index in [1.165, 1.54) is 135 Å². The maximum atomic E-state index is 11.7. The van der Waals surface area contributed by atoms with Crippen LogP contribution in [0.1, 0.15) is 168 Å². The van der Waals surface area contributed by atoms with E-state index >= 15 is 0 Å². The first kappa shape index (κ1) is 29.5. The first-order valence-corrected chi connectivity index (χ1v) is 14.0. The summed E-state index contributed by atoms with van der Waals surface area (Å²) < 4.78 is 5.36. The molecule has 180 valence electrons. The van der Waals surface area contributed by atoms with Gasteiger partial charge >= 0.3 is 5.97 Å². The first-order chi connectivity index (χ1) is 14.8. The molecule has 0 unspecified atom stereocenters. The minimum atomic E-state index is 0.0198. The van der Waals surface area contributed by atoms with Crippen molar-refractivity contribution in [1.29, 1.82) is 0 Å². The quantitative estimate of drug-likeness (QED) is 0.108. The van der Waals surface area contributed by atoms with Crippen molar-refractivity contribution in [1.82, 2.24) is 0 Å². The Balaban J connectivity index is 3.12. The first-order valence-electron chi connectivity index (χ1n) is 14.0. The smallest absolute Gasteiger partial charge is 0.305 e. The minimum absolute atomic E-state index is 0.0198. The summed E-state index contributed by atoms with van der Waals surface area (Å²) in [4.78, 5) is 11.7. The molecule has 0 aromatic heterocycles. The number of carbonyl (C=O) groups is 1. The van der Waals surface area contributed by atoms with Gasteiger partial charge in [0.05, 0.1) is 6.61 Å². The summed E-state index contributed by atoms with van der Waals surface area (Å²) in [6.45, 7) is 5.17. The van der Waals surface area contributed by atoms with Crippen molar-refractivity contribution in [2.45, 2.75) is 168 Å². The molecule has 0 aromatic rings. The molecule has 0 aliphatic carbocycles. The maximum Gasteiger partial charge on any atom is 0.305 e. The van der Waals surface area contributed by atoms with E-state index in [4.69, 9.17) is 4.74 Å². The van der Waals surface area contributed by atoms with Gasteiger partial charge in [0.15, 0.2) is 0 Å². The maximum absolute atomic E-state index is 11.7. The average molecular weight is 425 g/mol. The molecule has 0 amide bonds. The number of hydrogen-bond donors (Lipinski definition) is 0. The number of hydrogen-bond acceptors (Lipinski definition) is 2. The topological polar surface area (TPSA) is 26.3 Å². The molecule has 0 aromatic carbocycles. The molecule has 0 aliphatic heterocycles. The van der Waals surface area contributed by atoms with Crippen molar-refractivity contribution in [2.24, 2.45) is 0 Å². The largest absolute Gasteiger partial charge is 0.466 e. The standard InChI is InChI=1S/C28H56O2/c1-3-5-7-9-11-12-13-14-15-16-17-18-19-20-22-24-26-28(29)30-27-25-23-21-10-8-6-4-2/h3-27H2,1-2H3. The third-order valence-corrected chi connectivity index (χ3v) is 6.25. The second-order valence-corrected chi connectivity index (χ2v) is 9.40.